The summed E-state index contributed by atoms with van der Waals surface area (Å²) in [4.78, 5) is 12.3. The second-order valence-corrected chi connectivity index (χ2v) is 10.3. The fourth-order valence-corrected chi connectivity index (χ4v) is 4.67. The SMILES string of the molecule is CCCCCCCCCCCCCC(=O)N[N+]([O-])(CCC)CCCCCCCCCCCC. The maximum absolute atomic E-state index is 13.1. The van der Waals surface area contributed by atoms with Gasteiger partial charge in [0.2, 0.25) is 0 Å². The van der Waals surface area contributed by atoms with Crippen LogP contribution in [0.4, 0.5) is 0 Å². The van der Waals surface area contributed by atoms with E-state index >= 15 is 0 Å². The molecule has 1 atom stereocenters. The zero-order valence-corrected chi connectivity index (χ0v) is 22.9. The molecule has 0 aliphatic heterocycles. The number of nitrogens with one attached hydrogen (secondary N) is 1. The average molecular weight is 469 g/mol. The van der Waals surface area contributed by atoms with Crippen molar-refractivity contribution in [1.29, 1.82) is 0 Å². The molecule has 0 aliphatic rings. The van der Waals surface area contributed by atoms with Crippen molar-refractivity contribution in [3.05, 3.63) is 5.21 Å². The van der Waals surface area contributed by atoms with Crippen LogP contribution in [-0.2, 0) is 4.79 Å². The summed E-state index contributed by atoms with van der Waals surface area (Å²) in [5, 5.41) is 13.1. The Labute approximate surface area is 207 Å². The molecule has 1 amide bonds. The second kappa shape index (κ2) is 24.5. The first-order chi connectivity index (χ1) is 16.1. The molecule has 0 radical (unpaired) electrons. The van der Waals surface area contributed by atoms with Gasteiger partial charge in [-0.25, -0.2) is 5.43 Å². The van der Waals surface area contributed by atoms with Crippen LogP contribution in [0.3, 0.4) is 0 Å². The fraction of sp³-hybridized carbons (Fsp3) is 0.966. The van der Waals surface area contributed by atoms with E-state index in [0.717, 1.165) is 32.1 Å². The molecule has 0 bridgehead atoms. The first-order valence-electron chi connectivity index (χ1n) is 15.0. The van der Waals surface area contributed by atoms with Crippen LogP contribution in [0.25, 0.3) is 0 Å². The average Bonchev–Trinajstić information content (AvgIpc) is 2.79. The quantitative estimate of drug-likeness (QED) is 0.0780. The van der Waals surface area contributed by atoms with E-state index in [1.54, 1.807) is 0 Å². The highest BCUT2D eigenvalue weighted by atomic mass is 16.6. The lowest BCUT2D eigenvalue weighted by Crippen LogP contribution is -2.56. The number of quaternary nitrogens is 1. The summed E-state index contributed by atoms with van der Waals surface area (Å²) in [7, 11) is 0. The summed E-state index contributed by atoms with van der Waals surface area (Å²) >= 11 is 0. The van der Waals surface area contributed by atoms with Gasteiger partial charge in [0.1, 0.15) is 13.1 Å². The molecule has 4 heteroatoms. The molecule has 0 aliphatic carbocycles. The molecule has 1 N–H and O–H groups in total. The van der Waals surface area contributed by atoms with Crippen LogP contribution in [0.2, 0.25) is 0 Å². The zero-order chi connectivity index (χ0) is 24.5. The molecule has 198 valence electrons. The van der Waals surface area contributed by atoms with Gasteiger partial charge in [0.15, 0.2) is 0 Å². The van der Waals surface area contributed by atoms with E-state index in [0.29, 0.717) is 19.5 Å². The Morgan fingerprint density at radius 3 is 1.27 bits per heavy atom. The normalized spacial score (nSPS) is 13.2. The molecule has 4 nitrogen and oxygen atoms in total. The summed E-state index contributed by atoms with van der Waals surface area (Å²) < 4.78 is -0.523. The largest absolute Gasteiger partial charge is 0.606 e. The van der Waals surface area contributed by atoms with Crippen molar-refractivity contribution in [2.45, 2.75) is 168 Å². The summed E-state index contributed by atoms with van der Waals surface area (Å²) in [6.07, 6.45) is 28.0. The molecule has 0 aromatic rings. The molecule has 33 heavy (non-hydrogen) atoms. The highest BCUT2D eigenvalue weighted by Crippen LogP contribution is 2.14. The van der Waals surface area contributed by atoms with E-state index in [4.69, 9.17) is 0 Å². The summed E-state index contributed by atoms with van der Waals surface area (Å²) in [5.41, 5.74) is 2.80. The molecule has 0 rings (SSSR count). The van der Waals surface area contributed by atoms with E-state index in [1.807, 2.05) is 6.92 Å². The van der Waals surface area contributed by atoms with Crippen LogP contribution in [0, 0.1) is 5.21 Å². The second-order valence-electron chi connectivity index (χ2n) is 10.3. The predicted octanol–water partition coefficient (Wildman–Crippen LogP) is 9.36. The molecule has 0 heterocycles. The van der Waals surface area contributed by atoms with Crippen molar-refractivity contribution >= 4 is 5.91 Å². The zero-order valence-electron chi connectivity index (χ0n) is 22.9. The van der Waals surface area contributed by atoms with E-state index < -0.39 is 4.76 Å². The van der Waals surface area contributed by atoms with Crippen molar-refractivity contribution < 1.29 is 9.55 Å². The molecule has 0 aromatic carbocycles. The van der Waals surface area contributed by atoms with Crippen LogP contribution in [0.1, 0.15) is 168 Å². The number of hydrogen-bond acceptors (Lipinski definition) is 2. The van der Waals surface area contributed by atoms with Crippen molar-refractivity contribution in [1.82, 2.24) is 5.43 Å². The topological polar surface area (TPSA) is 52.2 Å². The molecule has 0 saturated heterocycles. The van der Waals surface area contributed by atoms with Gasteiger partial charge in [0.25, 0.3) is 5.91 Å². The number of hydroxylamine groups is 2. The van der Waals surface area contributed by atoms with Gasteiger partial charge in [-0.3, -0.25) is 9.55 Å². The molecular formula is C29H60N2O2. The van der Waals surface area contributed by atoms with E-state index in [2.05, 4.69) is 19.3 Å². The van der Waals surface area contributed by atoms with Crippen molar-refractivity contribution in [2.24, 2.45) is 0 Å². The number of carbonyl (C=O) groups excluding carboxylic acids is 1. The minimum Gasteiger partial charge on any atom is -0.606 e. The molecule has 0 aromatic heterocycles. The third-order valence-corrected chi connectivity index (χ3v) is 6.79. The van der Waals surface area contributed by atoms with Crippen LogP contribution >= 0.6 is 0 Å². The Morgan fingerprint density at radius 1 is 0.515 bits per heavy atom. The lowest BCUT2D eigenvalue weighted by molar-refractivity contribution is -0.915. The van der Waals surface area contributed by atoms with E-state index in [-0.39, 0.29) is 5.91 Å². The van der Waals surface area contributed by atoms with E-state index in [1.165, 1.54) is 109 Å². The lowest BCUT2D eigenvalue weighted by Gasteiger charge is -2.41. The van der Waals surface area contributed by atoms with Crippen molar-refractivity contribution in [2.75, 3.05) is 13.1 Å². The van der Waals surface area contributed by atoms with Gasteiger partial charge in [-0.2, -0.15) is 0 Å². The van der Waals surface area contributed by atoms with E-state index in [9.17, 15) is 10.0 Å². The van der Waals surface area contributed by atoms with Crippen LogP contribution in [0.15, 0.2) is 0 Å². The number of rotatable bonds is 26. The van der Waals surface area contributed by atoms with Gasteiger partial charge >= 0.3 is 0 Å². The monoisotopic (exact) mass is 468 g/mol. The Balaban J connectivity index is 3.75. The summed E-state index contributed by atoms with van der Waals surface area (Å²) in [5.74, 6) is -0.0542. The first-order valence-corrected chi connectivity index (χ1v) is 15.0. The lowest BCUT2D eigenvalue weighted by atomic mass is 10.1. The minimum atomic E-state index is -0.523. The summed E-state index contributed by atoms with van der Waals surface area (Å²) in [6.45, 7) is 7.56. The molecule has 0 saturated carbocycles. The van der Waals surface area contributed by atoms with Crippen molar-refractivity contribution in [3.8, 4) is 0 Å². The summed E-state index contributed by atoms with van der Waals surface area (Å²) in [6, 6.07) is 0. The third-order valence-electron chi connectivity index (χ3n) is 6.79. The number of amides is 1. The highest BCUT2D eigenvalue weighted by molar-refractivity contribution is 5.74. The van der Waals surface area contributed by atoms with Gasteiger partial charge < -0.3 is 5.21 Å². The van der Waals surface area contributed by atoms with Gasteiger partial charge in [-0.15, -0.1) is 0 Å². The number of unbranched alkanes of at least 4 members (excludes halogenated alkanes) is 19. The molecule has 1 unspecified atom stereocenters. The predicted molar refractivity (Wildman–Crippen MR) is 145 cm³/mol. The maximum Gasteiger partial charge on any atom is 0.265 e. The van der Waals surface area contributed by atoms with Crippen LogP contribution < -0.4 is 5.43 Å². The Kier molecular flexibility index (Phi) is 24.1. The van der Waals surface area contributed by atoms with Crippen LogP contribution in [-0.4, -0.2) is 23.8 Å². The van der Waals surface area contributed by atoms with Crippen LogP contribution in [0.5, 0.6) is 0 Å². The molecule has 0 fully saturated rings. The smallest absolute Gasteiger partial charge is 0.265 e. The first kappa shape index (κ1) is 32.4. The minimum absolute atomic E-state index is 0.0542. The standard InChI is InChI=1S/C29H60N2O2/c1-4-7-9-11-13-15-17-18-20-22-24-26-29(32)30-31(33,27-6-3)28-25-23-21-19-16-14-12-10-8-5-2/h4-28H2,1-3H3,(H,30,32). The Bertz CT molecular complexity index is 416. The fourth-order valence-electron chi connectivity index (χ4n) is 4.67. The van der Waals surface area contributed by atoms with Gasteiger partial charge in [0.05, 0.1) is 0 Å². The van der Waals surface area contributed by atoms with Crippen molar-refractivity contribution in [3.63, 3.8) is 0 Å². The Morgan fingerprint density at radius 2 is 0.879 bits per heavy atom. The number of carbonyl (C=O) groups is 1. The number of hydrogen-bond donors (Lipinski definition) is 1. The molecule has 0 spiro atoms. The Hall–Kier alpha value is -0.610. The maximum atomic E-state index is 13.1. The number of nitrogens with zero attached hydrogens (tertiary/aromatic N) is 1. The molecular weight excluding hydrogens is 408 g/mol. The van der Waals surface area contributed by atoms with Gasteiger partial charge in [0, 0.05) is 6.42 Å². The third kappa shape index (κ3) is 22.9. The van der Waals surface area contributed by atoms with Gasteiger partial charge in [-0.05, 0) is 25.7 Å². The highest BCUT2D eigenvalue weighted by Gasteiger charge is 2.19. The van der Waals surface area contributed by atoms with Gasteiger partial charge in [-0.1, -0.05) is 136 Å².